The highest BCUT2D eigenvalue weighted by Crippen LogP contribution is 2.16. The Kier molecular flexibility index (Phi) is 3.83. The second-order valence-corrected chi connectivity index (χ2v) is 4.73. The van der Waals surface area contributed by atoms with Gasteiger partial charge in [-0.15, -0.1) is 0 Å². The van der Waals surface area contributed by atoms with Gasteiger partial charge in [0.2, 0.25) is 0 Å². The van der Waals surface area contributed by atoms with Gasteiger partial charge in [0, 0.05) is 6.42 Å². The normalized spacial score (nSPS) is 10.4. The molecule has 0 atom stereocenters. The van der Waals surface area contributed by atoms with E-state index in [0.29, 0.717) is 6.61 Å². The van der Waals surface area contributed by atoms with Crippen LogP contribution in [0.25, 0.3) is 0 Å². The van der Waals surface area contributed by atoms with Crippen LogP contribution in [0, 0.1) is 0 Å². The van der Waals surface area contributed by atoms with E-state index in [1.54, 1.807) is 12.5 Å². The van der Waals surface area contributed by atoms with E-state index in [0.717, 1.165) is 12.2 Å². The molecule has 1 aromatic heterocycles. The van der Waals surface area contributed by atoms with Gasteiger partial charge in [-0.3, -0.25) is 0 Å². The van der Waals surface area contributed by atoms with Crippen LogP contribution >= 0.6 is 0 Å². The molecule has 0 aliphatic rings. The maximum Gasteiger partial charge on any atom is 0.119 e. The molecule has 1 heterocycles. The lowest BCUT2D eigenvalue weighted by atomic mass is 10.1. The van der Waals surface area contributed by atoms with Crippen molar-refractivity contribution in [2.75, 3.05) is 0 Å². The molecule has 2 aromatic carbocycles. The van der Waals surface area contributed by atoms with Gasteiger partial charge >= 0.3 is 0 Å². The van der Waals surface area contributed by atoms with E-state index in [1.165, 1.54) is 16.7 Å². The molecule has 0 fully saturated rings. The summed E-state index contributed by atoms with van der Waals surface area (Å²) in [6.45, 7) is 0.599. The Balaban J connectivity index is 1.59. The van der Waals surface area contributed by atoms with Crippen molar-refractivity contribution >= 4 is 0 Å². The first-order chi connectivity index (χ1) is 9.90. The zero-order valence-electron chi connectivity index (χ0n) is 11.2. The summed E-state index contributed by atoms with van der Waals surface area (Å²) in [6.07, 6.45) is 4.36. The molecule has 2 nitrogen and oxygen atoms in total. The van der Waals surface area contributed by atoms with Crippen molar-refractivity contribution in [3.05, 3.63) is 89.9 Å². The molecule has 3 rings (SSSR count). The van der Waals surface area contributed by atoms with Gasteiger partial charge < -0.3 is 9.15 Å². The van der Waals surface area contributed by atoms with E-state index < -0.39 is 0 Å². The summed E-state index contributed by atoms with van der Waals surface area (Å²) in [7, 11) is 0. The molecule has 0 bridgehead atoms. The average molecular weight is 264 g/mol. The highest BCUT2D eigenvalue weighted by atomic mass is 16.5. The fourth-order valence-electron chi connectivity index (χ4n) is 2.07. The lowest BCUT2D eigenvalue weighted by Crippen LogP contribution is -1.95. The number of furan rings is 1. The molecule has 0 saturated heterocycles. The summed E-state index contributed by atoms with van der Waals surface area (Å²) < 4.78 is 10.8. The third-order valence-corrected chi connectivity index (χ3v) is 3.16. The zero-order chi connectivity index (χ0) is 13.6. The smallest absolute Gasteiger partial charge is 0.119 e. The predicted molar refractivity (Wildman–Crippen MR) is 78.7 cm³/mol. The SMILES string of the molecule is c1ccc(COc2ccc(Cc3ccoc3)cc2)cc1. The van der Waals surface area contributed by atoms with Crippen molar-refractivity contribution in [3.8, 4) is 5.75 Å². The molecule has 0 aliphatic heterocycles. The van der Waals surface area contributed by atoms with Crippen molar-refractivity contribution in [2.24, 2.45) is 0 Å². The summed E-state index contributed by atoms with van der Waals surface area (Å²) in [5, 5.41) is 0. The molecule has 20 heavy (non-hydrogen) atoms. The summed E-state index contributed by atoms with van der Waals surface area (Å²) in [5.41, 5.74) is 3.61. The van der Waals surface area contributed by atoms with Crippen molar-refractivity contribution in [3.63, 3.8) is 0 Å². The van der Waals surface area contributed by atoms with Crippen molar-refractivity contribution in [1.29, 1.82) is 0 Å². The van der Waals surface area contributed by atoms with Crippen LogP contribution in [0.4, 0.5) is 0 Å². The van der Waals surface area contributed by atoms with Crippen LogP contribution in [0.3, 0.4) is 0 Å². The highest BCUT2D eigenvalue weighted by molar-refractivity contribution is 5.30. The first-order valence-electron chi connectivity index (χ1n) is 6.67. The second kappa shape index (κ2) is 6.11. The maximum absolute atomic E-state index is 5.76. The fraction of sp³-hybridized carbons (Fsp3) is 0.111. The molecule has 0 aliphatic carbocycles. The Morgan fingerprint density at radius 1 is 0.750 bits per heavy atom. The van der Waals surface area contributed by atoms with Crippen LogP contribution in [0.2, 0.25) is 0 Å². The summed E-state index contributed by atoms with van der Waals surface area (Å²) in [6, 6.07) is 20.4. The third-order valence-electron chi connectivity index (χ3n) is 3.16. The first kappa shape index (κ1) is 12.5. The predicted octanol–water partition coefficient (Wildman–Crippen LogP) is 4.45. The van der Waals surface area contributed by atoms with Crippen LogP contribution in [-0.4, -0.2) is 0 Å². The van der Waals surface area contributed by atoms with Crippen molar-refractivity contribution in [2.45, 2.75) is 13.0 Å². The van der Waals surface area contributed by atoms with Gasteiger partial charge in [0.05, 0.1) is 12.5 Å². The Morgan fingerprint density at radius 2 is 1.55 bits per heavy atom. The average Bonchev–Trinajstić information content (AvgIpc) is 3.01. The lowest BCUT2D eigenvalue weighted by Gasteiger charge is -2.07. The summed E-state index contributed by atoms with van der Waals surface area (Å²) in [5.74, 6) is 0.893. The summed E-state index contributed by atoms with van der Waals surface area (Å²) >= 11 is 0. The number of hydrogen-bond donors (Lipinski definition) is 0. The molecule has 0 unspecified atom stereocenters. The van der Waals surface area contributed by atoms with Gasteiger partial charge in [0.1, 0.15) is 12.4 Å². The Morgan fingerprint density at radius 3 is 2.25 bits per heavy atom. The van der Waals surface area contributed by atoms with Gasteiger partial charge in [-0.2, -0.15) is 0 Å². The van der Waals surface area contributed by atoms with E-state index in [-0.39, 0.29) is 0 Å². The molecule has 0 saturated carbocycles. The van der Waals surface area contributed by atoms with E-state index in [9.17, 15) is 0 Å². The van der Waals surface area contributed by atoms with Crippen LogP contribution in [0.5, 0.6) is 5.75 Å². The monoisotopic (exact) mass is 264 g/mol. The minimum atomic E-state index is 0.599. The number of rotatable bonds is 5. The van der Waals surface area contributed by atoms with E-state index >= 15 is 0 Å². The fourth-order valence-corrected chi connectivity index (χ4v) is 2.07. The molecular formula is C18H16O2. The standard InChI is InChI=1S/C18H16O2/c1-2-4-16(5-3-1)14-20-18-8-6-15(7-9-18)12-17-10-11-19-13-17/h1-11,13H,12,14H2. The van der Waals surface area contributed by atoms with Gasteiger partial charge in [-0.25, -0.2) is 0 Å². The van der Waals surface area contributed by atoms with Crippen LogP contribution in [0.1, 0.15) is 16.7 Å². The van der Waals surface area contributed by atoms with E-state index in [1.807, 2.05) is 36.4 Å². The van der Waals surface area contributed by atoms with Crippen LogP contribution in [0.15, 0.2) is 77.6 Å². The maximum atomic E-state index is 5.76. The van der Waals surface area contributed by atoms with Gasteiger partial charge in [-0.05, 0) is 34.9 Å². The number of ether oxygens (including phenoxy) is 1. The second-order valence-electron chi connectivity index (χ2n) is 4.73. The molecular weight excluding hydrogens is 248 g/mol. The molecule has 0 radical (unpaired) electrons. The summed E-state index contributed by atoms with van der Waals surface area (Å²) in [4.78, 5) is 0. The topological polar surface area (TPSA) is 22.4 Å². The molecule has 3 aromatic rings. The van der Waals surface area contributed by atoms with E-state index in [2.05, 4.69) is 24.3 Å². The van der Waals surface area contributed by atoms with Crippen molar-refractivity contribution in [1.82, 2.24) is 0 Å². The molecule has 0 spiro atoms. The van der Waals surface area contributed by atoms with Gasteiger partial charge in [0.15, 0.2) is 0 Å². The molecule has 100 valence electrons. The lowest BCUT2D eigenvalue weighted by molar-refractivity contribution is 0.306. The van der Waals surface area contributed by atoms with Crippen LogP contribution < -0.4 is 4.74 Å². The quantitative estimate of drug-likeness (QED) is 0.679. The minimum absolute atomic E-state index is 0.599. The molecule has 0 N–H and O–H groups in total. The first-order valence-corrected chi connectivity index (χ1v) is 6.67. The number of benzene rings is 2. The third kappa shape index (κ3) is 3.29. The van der Waals surface area contributed by atoms with Gasteiger partial charge in [0.25, 0.3) is 0 Å². The molecule has 0 amide bonds. The van der Waals surface area contributed by atoms with Gasteiger partial charge in [-0.1, -0.05) is 42.5 Å². The number of hydrogen-bond acceptors (Lipinski definition) is 2. The van der Waals surface area contributed by atoms with E-state index in [4.69, 9.17) is 9.15 Å². The Hall–Kier alpha value is -2.48. The van der Waals surface area contributed by atoms with Crippen molar-refractivity contribution < 1.29 is 9.15 Å². The Labute approximate surface area is 118 Å². The minimum Gasteiger partial charge on any atom is -0.489 e. The Bertz CT molecular complexity index is 625. The highest BCUT2D eigenvalue weighted by Gasteiger charge is 1.99. The largest absolute Gasteiger partial charge is 0.489 e. The zero-order valence-corrected chi connectivity index (χ0v) is 11.2. The molecule has 2 heteroatoms. The van der Waals surface area contributed by atoms with Crippen LogP contribution in [-0.2, 0) is 13.0 Å².